The van der Waals surface area contributed by atoms with Crippen LogP contribution >= 0.6 is 0 Å². The third kappa shape index (κ3) is 3.38. The molecule has 0 atom stereocenters. The third-order valence-electron chi connectivity index (χ3n) is 4.61. The van der Waals surface area contributed by atoms with Crippen molar-refractivity contribution in [2.75, 3.05) is 11.9 Å². The molecule has 0 saturated heterocycles. The van der Waals surface area contributed by atoms with Gasteiger partial charge >= 0.3 is 0 Å². The number of hydrogen-bond acceptors (Lipinski definition) is 4. The Balaban J connectivity index is 1.62. The lowest BCUT2D eigenvalue weighted by Crippen LogP contribution is -2.14. The Labute approximate surface area is 152 Å². The van der Waals surface area contributed by atoms with Crippen LogP contribution in [0, 0.1) is 12.8 Å². The van der Waals surface area contributed by atoms with Crippen LogP contribution in [0.2, 0.25) is 0 Å². The van der Waals surface area contributed by atoms with E-state index in [2.05, 4.69) is 40.4 Å². The van der Waals surface area contributed by atoms with E-state index in [4.69, 9.17) is 4.74 Å². The lowest BCUT2D eigenvalue weighted by molar-refractivity contribution is -0.117. The number of aryl methyl sites for hydroxylation is 1. The summed E-state index contributed by atoms with van der Waals surface area (Å²) in [5.74, 6) is 1.50. The summed E-state index contributed by atoms with van der Waals surface area (Å²) < 4.78 is 5.46. The summed E-state index contributed by atoms with van der Waals surface area (Å²) in [6.07, 6.45) is 5.62. The molecule has 0 spiro atoms. The lowest BCUT2D eigenvalue weighted by Gasteiger charge is -2.10. The van der Waals surface area contributed by atoms with Gasteiger partial charge in [0.1, 0.15) is 5.82 Å². The maximum absolute atomic E-state index is 11.9. The fraction of sp³-hybridized carbons (Fsp3) is 0.286. The molecule has 0 unspecified atom stereocenters. The van der Waals surface area contributed by atoms with Crippen LogP contribution in [-0.4, -0.2) is 22.5 Å². The molecule has 5 nitrogen and oxygen atoms in total. The molecule has 1 aliphatic carbocycles. The van der Waals surface area contributed by atoms with Gasteiger partial charge in [-0.25, -0.2) is 9.97 Å². The Morgan fingerprint density at radius 3 is 2.73 bits per heavy atom. The number of nitrogens with one attached hydrogen (secondary N) is 1. The van der Waals surface area contributed by atoms with Crippen LogP contribution in [0.4, 0.5) is 5.82 Å². The summed E-state index contributed by atoms with van der Waals surface area (Å²) in [5.41, 5.74) is 3.27. The highest BCUT2D eigenvalue weighted by Gasteiger charge is 2.29. The van der Waals surface area contributed by atoms with Crippen LogP contribution in [-0.2, 0) is 4.79 Å². The molecule has 1 aromatic carbocycles. The molecule has 1 saturated carbocycles. The molecule has 0 radical (unpaired) electrons. The van der Waals surface area contributed by atoms with Crippen molar-refractivity contribution in [1.82, 2.24) is 9.97 Å². The smallest absolute Gasteiger partial charge is 0.228 e. The molecular weight excluding hydrogens is 326 g/mol. The van der Waals surface area contributed by atoms with Gasteiger partial charge in [0.25, 0.3) is 0 Å². The van der Waals surface area contributed by atoms with Crippen LogP contribution in [0.25, 0.3) is 21.9 Å². The Hall–Kier alpha value is -2.95. The molecule has 5 heteroatoms. The molecule has 0 aliphatic heterocycles. The molecule has 0 bridgehead atoms. The number of nitrogens with zero attached hydrogens (tertiary/aromatic N) is 2. The fourth-order valence-electron chi connectivity index (χ4n) is 3.01. The SMILES string of the molecule is CCOc1cc(C)c(-c2ccc3cc(NC(=O)C4CC4)ncc3c2)cn1. The van der Waals surface area contributed by atoms with Gasteiger partial charge < -0.3 is 10.1 Å². The number of pyridine rings is 2. The minimum absolute atomic E-state index is 0.0737. The second-order valence-corrected chi connectivity index (χ2v) is 6.67. The minimum atomic E-state index is 0.0737. The van der Waals surface area contributed by atoms with Gasteiger partial charge in [0.05, 0.1) is 6.61 Å². The zero-order valence-electron chi connectivity index (χ0n) is 15.0. The number of carbonyl (C=O) groups excluding carboxylic acids is 1. The van der Waals surface area contributed by atoms with E-state index in [1.165, 1.54) is 0 Å². The van der Waals surface area contributed by atoms with E-state index in [9.17, 15) is 4.79 Å². The number of amides is 1. The van der Waals surface area contributed by atoms with Crippen molar-refractivity contribution in [3.63, 3.8) is 0 Å². The molecule has 2 aromatic heterocycles. The van der Waals surface area contributed by atoms with E-state index < -0.39 is 0 Å². The fourth-order valence-corrected chi connectivity index (χ4v) is 3.01. The maximum atomic E-state index is 11.9. The maximum Gasteiger partial charge on any atom is 0.228 e. The molecule has 4 rings (SSSR count). The third-order valence-corrected chi connectivity index (χ3v) is 4.61. The number of benzene rings is 1. The van der Waals surface area contributed by atoms with Gasteiger partial charge in [-0.3, -0.25) is 4.79 Å². The Kier molecular flexibility index (Phi) is 4.29. The quantitative estimate of drug-likeness (QED) is 0.745. The van der Waals surface area contributed by atoms with Crippen molar-refractivity contribution in [2.45, 2.75) is 26.7 Å². The predicted octanol–water partition coefficient (Wildman–Crippen LogP) is 4.35. The number of aromatic nitrogens is 2. The van der Waals surface area contributed by atoms with E-state index in [1.54, 1.807) is 6.20 Å². The second-order valence-electron chi connectivity index (χ2n) is 6.67. The summed E-state index contributed by atoms with van der Waals surface area (Å²) in [5, 5.41) is 4.97. The lowest BCUT2D eigenvalue weighted by atomic mass is 10.0. The van der Waals surface area contributed by atoms with Gasteiger partial charge in [0, 0.05) is 35.3 Å². The number of rotatable bonds is 5. The normalized spacial score (nSPS) is 13.6. The molecule has 1 N–H and O–H groups in total. The first-order valence-electron chi connectivity index (χ1n) is 8.94. The topological polar surface area (TPSA) is 64.1 Å². The molecule has 132 valence electrons. The number of fused-ring (bicyclic) bond motifs is 1. The molecule has 26 heavy (non-hydrogen) atoms. The zero-order valence-corrected chi connectivity index (χ0v) is 15.0. The summed E-state index contributed by atoms with van der Waals surface area (Å²) >= 11 is 0. The number of carbonyl (C=O) groups is 1. The van der Waals surface area contributed by atoms with Gasteiger partial charge in [-0.15, -0.1) is 0 Å². The van der Waals surface area contributed by atoms with E-state index in [1.807, 2.05) is 25.3 Å². The highest BCUT2D eigenvalue weighted by atomic mass is 16.5. The van der Waals surface area contributed by atoms with E-state index in [0.717, 1.165) is 40.3 Å². The summed E-state index contributed by atoms with van der Waals surface area (Å²) in [4.78, 5) is 20.6. The van der Waals surface area contributed by atoms with Crippen molar-refractivity contribution >= 4 is 22.5 Å². The van der Waals surface area contributed by atoms with Crippen LogP contribution in [0.3, 0.4) is 0 Å². The summed E-state index contributed by atoms with van der Waals surface area (Å²) in [7, 11) is 0. The van der Waals surface area contributed by atoms with E-state index in [-0.39, 0.29) is 11.8 Å². The van der Waals surface area contributed by atoms with Gasteiger partial charge in [-0.1, -0.05) is 12.1 Å². The highest BCUT2D eigenvalue weighted by Crippen LogP contribution is 2.31. The molecule has 3 aromatic rings. The monoisotopic (exact) mass is 347 g/mol. The van der Waals surface area contributed by atoms with E-state index >= 15 is 0 Å². The first-order valence-corrected chi connectivity index (χ1v) is 8.94. The number of anilines is 1. The first kappa shape index (κ1) is 16.5. The zero-order chi connectivity index (χ0) is 18.1. The molecule has 1 amide bonds. The molecule has 2 heterocycles. The van der Waals surface area contributed by atoms with Gasteiger partial charge in [0.15, 0.2) is 0 Å². The number of hydrogen-bond donors (Lipinski definition) is 1. The van der Waals surface area contributed by atoms with Crippen molar-refractivity contribution in [3.8, 4) is 17.0 Å². The molecule has 1 aliphatic rings. The van der Waals surface area contributed by atoms with Crippen LogP contribution in [0.15, 0.2) is 42.7 Å². The first-order chi connectivity index (χ1) is 12.6. The van der Waals surface area contributed by atoms with Gasteiger partial charge in [0.2, 0.25) is 11.8 Å². The predicted molar refractivity (Wildman–Crippen MR) is 102 cm³/mol. The Morgan fingerprint density at radius 2 is 2.00 bits per heavy atom. The van der Waals surface area contributed by atoms with Gasteiger partial charge in [-0.2, -0.15) is 0 Å². The number of ether oxygens (including phenoxy) is 1. The van der Waals surface area contributed by atoms with Crippen molar-refractivity contribution in [1.29, 1.82) is 0 Å². The Morgan fingerprint density at radius 1 is 1.15 bits per heavy atom. The highest BCUT2D eigenvalue weighted by molar-refractivity contribution is 5.96. The van der Waals surface area contributed by atoms with Crippen molar-refractivity contribution < 1.29 is 9.53 Å². The van der Waals surface area contributed by atoms with Gasteiger partial charge in [-0.05, 0) is 55.3 Å². The van der Waals surface area contributed by atoms with Crippen LogP contribution in [0.1, 0.15) is 25.3 Å². The molecular formula is C21H21N3O2. The second kappa shape index (κ2) is 6.75. The molecule has 1 fully saturated rings. The Bertz CT molecular complexity index is 980. The van der Waals surface area contributed by atoms with E-state index in [0.29, 0.717) is 18.3 Å². The average molecular weight is 347 g/mol. The standard InChI is InChI=1S/C21H21N3O2/c1-3-26-20-8-13(2)18(12-23-20)16-7-6-15-10-19(22-11-17(15)9-16)24-21(25)14-4-5-14/h6-12,14H,3-5H2,1-2H3,(H,22,24,25). The summed E-state index contributed by atoms with van der Waals surface area (Å²) in [6, 6.07) is 10.1. The van der Waals surface area contributed by atoms with Crippen molar-refractivity contribution in [3.05, 3.63) is 48.3 Å². The largest absolute Gasteiger partial charge is 0.478 e. The van der Waals surface area contributed by atoms with Crippen molar-refractivity contribution in [2.24, 2.45) is 5.92 Å². The van der Waals surface area contributed by atoms with Crippen LogP contribution < -0.4 is 10.1 Å². The average Bonchev–Trinajstić information content (AvgIpc) is 3.47. The minimum Gasteiger partial charge on any atom is -0.478 e. The van der Waals surface area contributed by atoms with Crippen LogP contribution in [0.5, 0.6) is 5.88 Å². The summed E-state index contributed by atoms with van der Waals surface area (Å²) in [6.45, 7) is 4.61.